The van der Waals surface area contributed by atoms with Gasteiger partial charge in [-0.2, -0.15) is 0 Å². The minimum atomic E-state index is 0.693. The molecule has 1 rings (SSSR count). The van der Waals surface area contributed by atoms with Crippen LogP contribution in [-0.4, -0.2) is 20.1 Å². The molecule has 0 unspecified atom stereocenters. The van der Waals surface area contributed by atoms with Gasteiger partial charge >= 0.3 is 0 Å². The van der Waals surface area contributed by atoms with Crippen LogP contribution in [0.2, 0.25) is 0 Å². The van der Waals surface area contributed by atoms with Crippen LogP contribution in [0.4, 0.5) is 5.69 Å². The fraction of sp³-hybridized carbons (Fsp3) is 0.538. The van der Waals surface area contributed by atoms with Crippen molar-refractivity contribution >= 4 is 5.69 Å². The molecule has 2 nitrogen and oxygen atoms in total. The maximum atomic E-state index is 5.51. The van der Waals surface area contributed by atoms with E-state index >= 15 is 0 Å². The Labute approximate surface area is 93.1 Å². The molecule has 0 aliphatic heterocycles. The van der Waals surface area contributed by atoms with Crippen molar-refractivity contribution < 1.29 is 0 Å². The molecule has 1 aromatic carbocycles. The monoisotopic (exact) mass is 206 g/mol. The molecular weight excluding hydrogens is 184 g/mol. The summed E-state index contributed by atoms with van der Waals surface area (Å²) in [6.07, 6.45) is 0.966. The zero-order valence-electron chi connectivity index (χ0n) is 10.0. The Bertz CT molecular complexity index is 277. The maximum Gasteiger partial charge on any atom is 0.0363 e. The molecule has 0 spiro atoms. The van der Waals surface area contributed by atoms with E-state index < -0.39 is 0 Å². The van der Waals surface area contributed by atoms with E-state index in [0.717, 1.165) is 19.5 Å². The normalized spacial score (nSPS) is 10.7. The van der Waals surface area contributed by atoms with Gasteiger partial charge in [0.1, 0.15) is 0 Å². The van der Waals surface area contributed by atoms with Crippen LogP contribution in [0, 0.1) is 5.92 Å². The van der Waals surface area contributed by atoms with Gasteiger partial charge in [0.25, 0.3) is 0 Å². The van der Waals surface area contributed by atoms with Crippen molar-refractivity contribution in [3.63, 3.8) is 0 Å². The molecule has 0 saturated heterocycles. The summed E-state index contributed by atoms with van der Waals surface area (Å²) in [6.45, 7) is 6.29. The van der Waals surface area contributed by atoms with Crippen LogP contribution in [0.15, 0.2) is 24.3 Å². The van der Waals surface area contributed by atoms with Crippen LogP contribution in [-0.2, 0) is 6.42 Å². The van der Waals surface area contributed by atoms with Gasteiger partial charge in [-0.15, -0.1) is 0 Å². The van der Waals surface area contributed by atoms with Crippen molar-refractivity contribution in [3.8, 4) is 0 Å². The standard InChI is InChI=1S/C13H22N2/c1-11(2)10-15(3)13-6-4-12(5-7-13)8-9-14/h4-7,11H,8-10,14H2,1-3H3. The molecule has 0 saturated carbocycles. The Hall–Kier alpha value is -1.02. The fourth-order valence-corrected chi connectivity index (χ4v) is 1.74. The molecule has 1 aromatic rings. The van der Waals surface area contributed by atoms with E-state index in [9.17, 15) is 0 Å². The Kier molecular flexibility index (Phi) is 4.63. The predicted octanol–water partition coefficient (Wildman–Crippen LogP) is 2.28. The molecular formula is C13H22N2. The quantitative estimate of drug-likeness (QED) is 0.801. The zero-order chi connectivity index (χ0) is 11.3. The number of hydrogen-bond acceptors (Lipinski definition) is 2. The van der Waals surface area contributed by atoms with E-state index in [1.807, 2.05) is 0 Å². The molecule has 0 fully saturated rings. The first-order valence-corrected chi connectivity index (χ1v) is 5.63. The number of nitrogens with zero attached hydrogens (tertiary/aromatic N) is 1. The SMILES string of the molecule is CC(C)CN(C)c1ccc(CCN)cc1. The van der Waals surface area contributed by atoms with E-state index in [-0.39, 0.29) is 0 Å². The summed E-state index contributed by atoms with van der Waals surface area (Å²) >= 11 is 0. The second-order valence-corrected chi connectivity index (χ2v) is 4.48. The summed E-state index contributed by atoms with van der Waals surface area (Å²) in [4.78, 5) is 2.29. The van der Waals surface area contributed by atoms with Crippen LogP contribution in [0.25, 0.3) is 0 Å². The van der Waals surface area contributed by atoms with Gasteiger partial charge in [-0.25, -0.2) is 0 Å². The first-order valence-electron chi connectivity index (χ1n) is 5.63. The third-order valence-electron chi connectivity index (χ3n) is 2.45. The van der Waals surface area contributed by atoms with Crippen LogP contribution < -0.4 is 10.6 Å². The lowest BCUT2D eigenvalue weighted by atomic mass is 10.1. The Morgan fingerprint density at radius 1 is 1.20 bits per heavy atom. The molecule has 2 N–H and O–H groups in total. The second-order valence-electron chi connectivity index (χ2n) is 4.48. The van der Waals surface area contributed by atoms with Gasteiger partial charge in [0.05, 0.1) is 0 Å². The van der Waals surface area contributed by atoms with Crippen molar-refractivity contribution in [2.45, 2.75) is 20.3 Å². The average Bonchev–Trinajstić information content (AvgIpc) is 2.18. The highest BCUT2D eigenvalue weighted by molar-refractivity contribution is 5.46. The lowest BCUT2D eigenvalue weighted by Crippen LogP contribution is -2.22. The molecule has 0 amide bonds. The van der Waals surface area contributed by atoms with Crippen LogP contribution in [0.5, 0.6) is 0 Å². The molecule has 0 atom stereocenters. The van der Waals surface area contributed by atoms with Gasteiger partial charge in [-0.05, 0) is 36.6 Å². The lowest BCUT2D eigenvalue weighted by molar-refractivity contribution is 0.638. The Balaban J connectivity index is 2.62. The van der Waals surface area contributed by atoms with Crippen molar-refractivity contribution in [2.24, 2.45) is 11.7 Å². The largest absolute Gasteiger partial charge is 0.374 e. The van der Waals surface area contributed by atoms with Gasteiger partial charge in [0.15, 0.2) is 0 Å². The molecule has 0 radical (unpaired) electrons. The highest BCUT2D eigenvalue weighted by atomic mass is 15.1. The molecule has 0 heterocycles. The first kappa shape index (κ1) is 12.1. The van der Waals surface area contributed by atoms with Gasteiger partial charge in [-0.1, -0.05) is 26.0 Å². The minimum Gasteiger partial charge on any atom is -0.374 e. The van der Waals surface area contributed by atoms with Crippen molar-refractivity contribution in [1.82, 2.24) is 0 Å². The summed E-state index contributed by atoms with van der Waals surface area (Å²) in [7, 11) is 2.14. The van der Waals surface area contributed by atoms with E-state index in [1.165, 1.54) is 11.3 Å². The molecule has 0 bridgehead atoms. The van der Waals surface area contributed by atoms with Crippen molar-refractivity contribution in [1.29, 1.82) is 0 Å². The van der Waals surface area contributed by atoms with Gasteiger partial charge in [0, 0.05) is 19.3 Å². The van der Waals surface area contributed by atoms with E-state index in [1.54, 1.807) is 0 Å². The van der Waals surface area contributed by atoms with Crippen molar-refractivity contribution in [3.05, 3.63) is 29.8 Å². The summed E-state index contributed by atoms with van der Waals surface area (Å²) in [6, 6.07) is 8.68. The van der Waals surface area contributed by atoms with Crippen molar-refractivity contribution in [2.75, 3.05) is 25.0 Å². The smallest absolute Gasteiger partial charge is 0.0363 e. The van der Waals surface area contributed by atoms with Crippen LogP contribution in [0.1, 0.15) is 19.4 Å². The predicted molar refractivity (Wildman–Crippen MR) is 67.3 cm³/mol. The number of hydrogen-bond donors (Lipinski definition) is 1. The summed E-state index contributed by atoms with van der Waals surface area (Å²) in [5, 5.41) is 0. The number of nitrogens with two attached hydrogens (primary N) is 1. The average molecular weight is 206 g/mol. The fourth-order valence-electron chi connectivity index (χ4n) is 1.74. The van der Waals surface area contributed by atoms with E-state index in [2.05, 4.69) is 50.1 Å². The molecule has 0 aromatic heterocycles. The molecule has 84 valence electrons. The van der Waals surface area contributed by atoms with Crippen LogP contribution >= 0.6 is 0 Å². The molecule has 0 aliphatic rings. The zero-order valence-corrected chi connectivity index (χ0v) is 10.0. The Morgan fingerprint density at radius 3 is 2.27 bits per heavy atom. The third-order valence-corrected chi connectivity index (χ3v) is 2.45. The number of benzene rings is 1. The molecule has 15 heavy (non-hydrogen) atoms. The lowest BCUT2D eigenvalue weighted by Gasteiger charge is -2.21. The first-order chi connectivity index (χ1) is 7.13. The van der Waals surface area contributed by atoms with E-state index in [0.29, 0.717) is 5.92 Å². The maximum absolute atomic E-state index is 5.51. The third kappa shape index (κ3) is 3.92. The second kappa shape index (κ2) is 5.76. The molecule has 2 heteroatoms. The Morgan fingerprint density at radius 2 is 1.80 bits per heavy atom. The van der Waals surface area contributed by atoms with Gasteiger partial charge in [-0.3, -0.25) is 0 Å². The van der Waals surface area contributed by atoms with Crippen LogP contribution in [0.3, 0.4) is 0 Å². The molecule has 0 aliphatic carbocycles. The summed E-state index contributed by atoms with van der Waals surface area (Å²) < 4.78 is 0. The topological polar surface area (TPSA) is 29.3 Å². The number of anilines is 1. The van der Waals surface area contributed by atoms with Gasteiger partial charge in [0.2, 0.25) is 0 Å². The number of rotatable bonds is 5. The summed E-state index contributed by atoms with van der Waals surface area (Å²) in [5.41, 5.74) is 8.11. The minimum absolute atomic E-state index is 0.693. The highest BCUT2D eigenvalue weighted by Crippen LogP contribution is 2.15. The highest BCUT2D eigenvalue weighted by Gasteiger charge is 2.02. The van der Waals surface area contributed by atoms with Gasteiger partial charge < -0.3 is 10.6 Å². The van der Waals surface area contributed by atoms with E-state index in [4.69, 9.17) is 5.73 Å². The summed E-state index contributed by atoms with van der Waals surface area (Å²) in [5.74, 6) is 0.693.